The molecule has 0 rings (SSSR count). The number of carbonyl (C=O) groups is 2. The van der Waals surface area contributed by atoms with E-state index in [1.54, 1.807) is 6.07 Å². The first kappa shape index (κ1) is 14.4. The molecule has 0 aliphatic rings. The van der Waals surface area contributed by atoms with Crippen LogP contribution in [-0.4, -0.2) is 24.4 Å². The number of nitrogens with zero attached hydrogens (tertiary/aromatic N) is 1. The average molecular weight is 225 g/mol. The Balaban J connectivity index is 3.95. The molecule has 5 heteroatoms. The molecule has 2 amide bonds. The molecule has 0 aromatic heterocycles. The molecule has 0 radical (unpaired) electrons. The molecule has 2 unspecified atom stereocenters. The highest BCUT2D eigenvalue weighted by Crippen LogP contribution is 2.08. The summed E-state index contributed by atoms with van der Waals surface area (Å²) >= 11 is 0. The third kappa shape index (κ3) is 6.02. The van der Waals surface area contributed by atoms with E-state index in [4.69, 9.17) is 5.26 Å². The second-order valence-corrected chi connectivity index (χ2v) is 3.96. The zero-order chi connectivity index (χ0) is 12.6. The van der Waals surface area contributed by atoms with E-state index in [-0.39, 0.29) is 12.6 Å². The topological polar surface area (TPSA) is 82.0 Å². The Kier molecular flexibility index (Phi) is 6.93. The molecule has 0 aliphatic carbocycles. The Bertz CT molecular complexity index is 283. The van der Waals surface area contributed by atoms with Crippen molar-refractivity contribution in [3.05, 3.63) is 0 Å². The second-order valence-electron chi connectivity index (χ2n) is 3.96. The van der Waals surface area contributed by atoms with Crippen LogP contribution in [0.2, 0.25) is 0 Å². The van der Waals surface area contributed by atoms with Crippen molar-refractivity contribution in [2.75, 3.05) is 6.54 Å². The van der Waals surface area contributed by atoms with Crippen LogP contribution in [0.3, 0.4) is 0 Å². The highest BCUT2D eigenvalue weighted by Gasteiger charge is 2.16. The van der Waals surface area contributed by atoms with Crippen LogP contribution in [0, 0.1) is 17.2 Å². The van der Waals surface area contributed by atoms with E-state index in [1.807, 2.05) is 6.92 Å². The summed E-state index contributed by atoms with van der Waals surface area (Å²) in [5.41, 5.74) is 0. The minimum absolute atomic E-state index is 0.0321. The number of nitriles is 1. The Hall–Kier alpha value is -1.57. The van der Waals surface area contributed by atoms with Gasteiger partial charge in [-0.1, -0.05) is 20.3 Å². The Morgan fingerprint density at radius 3 is 2.44 bits per heavy atom. The molecule has 0 aromatic rings. The van der Waals surface area contributed by atoms with Gasteiger partial charge in [0, 0.05) is 6.04 Å². The van der Waals surface area contributed by atoms with Crippen molar-refractivity contribution in [3.63, 3.8) is 0 Å². The largest absolute Gasteiger partial charge is 0.345 e. The lowest BCUT2D eigenvalue weighted by atomic mass is 10.0. The first-order chi connectivity index (χ1) is 7.51. The summed E-state index contributed by atoms with van der Waals surface area (Å²) in [7, 11) is 0. The van der Waals surface area contributed by atoms with E-state index in [1.165, 1.54) is 0 Å². The van der Waals surface area contributed by atoms with Crippen molar-refractivity contribution < 1.29 is 9.59 Å². The van der Waals surface area contributed by atoms with Crippen molar-refractivity contribution in [2.45, 2.75) is 39.7 Å². The van der Waals surface area contributed by atoms with E-state index in [2.05, 4.69) is 24.5 Å². The van der Waals surface area contributed by atoms with E-state index < -0.39 is 11.8 Å². The van der Waals surface area contributed by atoms with Crippen molar-refractivity contribution in [2.24, 2.45) is 5.92 Å². The van der Waals surface area contributed by atoms with Gasteiger partial charge >= 0.3 is 11.8 Å². The van der Waals surface area contributed by atoms with Crippen molar-refractivity contribution >= 4 is 11.8 Å². The summed E-state index contributed by atoms with van der Waals surface area (Å²) in [6, 6.07) is 1.70. The predicted molar refractivity (Wildman–Crippen MR) is 60.3 cm³/mol. The van der Waals surface area contributed by atoms with Gasteiger partial charge in [-0.05, 0) is 19.3 Å². The SMILES string of the molecule is CCC(C)CC(C)NC(=O)C(=O)NCC#N. The Morgan fingerprint density at radius 1 is 1.31 bits per heavy atom. The van der Waals surface area contributed by atoms with Crippen molar-refractivity contribution in [1.29, 1.82) is 5.26 Å². The maximum Gasteiger partial charge on any atom is 0.310 e. The molecule has 90 valence electrons. The molecule has 0 saturated heterocycles. The molecule has 16 heavy (non-hydrogen) atoms. The lowest BCUT2D eigenvalue weighted by Crippen LogP contribution is -2.44. The van der Waals surface area contributed by atoms with Crippen LogP contribution < -0.4 is 10.6 Å². The van der Waals surface area contributed by atoms with Crippen LogP contribution in [0.15, 0.2) is 0 Å². The van der Waals surface area contributed by atoms with E-state index in [0.717, 1.165) is 12.8 Å². The number of rotatable bonds is 5. The Labute approximate surface area is 96.2 Å². The van der Waals surface area contributed by atoms with Crippen LogP contribution in [-0.2, 0) is 9.59 Å². The van der Waals surface area contributed by atoms with Crippen LogP contribution >= 0.6 is 0 Å². The summed E-state index contributed by atoms with van der Waals surface area (Å²) in [5.74, 6) is -0.916. The molecule has 2 N–H and O–H groups in total. The highest BCUT2D eigenvalue weighted by atomic mass is 16.2. The monoisotopic (exact) mass is 225 g/mol. The van der Waals surface area contributed by atoms with Gasteiger partial charge in [-0.15, -0.1) is 0 Å². The van der Waals surface area contributed by atoms with Gasteiger partial charge in [-0.25, -0.2) is 0 Å². The number of carbonyl (C=O) groups excluding carboxylic acids is 2. The molecular weight excluding hydrogens is 206 g/mol. The van der Waals surface area contributed by atoms with Gasteiger partial charge in [-0.3, -0.25) is 9.59 Å². The summed E-state index contributed by atoms with van der Waals surface area (Å²) in [6.07, 6.45) is 1.88. The molecule has 5 nitrogen and oxygen atoms in total. The number of amides is 2. The zero-order valence-corrected chi connectivity index (χ0v) is 10.0. The fraction of sp³-hybridized carbons (Fsp3) is 0.727. The first-order valence-electron chi connectivity index (χ1n) is 5.46. The lowest BCUT2D eigenvalue weighted by molar-refractivity contribution is -0.139. The maximum atomic E-state index is 11.3. The first-order valence-corrected chi connectivity index (χ1v) is 5.46. The molecule has 0 saturated carbocycles. The summed E-state index contributed by atoms with van der Waals surface area (Å²) in [4.78, 5) is 22.4. The molecule has 0 aromatic carbocycles. The highest BCUT2D eigenvalue weighted by molar-refractivity contribution is 6.35. The zero-order valence-electron chi connectivity index (χ0n) is 10.0. The maximum absolute atomic E-state index is 11.3. The molecule has 2 atom stereocenters. The molecular formula is C11H19N3O2. The smallest absolute Gasteiger partial charge is 0.310 e. The number of nitrogens with one attached hydrogen (secondary N) is 2. The minimum Gasteiger partial charge on any atom is -0.345 e. The summed E-state index contributed by atoms with van der Waals surface area (Å²) in [5, 5.41) is 13.0. The van der Waals surface area contributed by atoms with E-state index in [0.29, 0.717) is 5.92 Å². The fourth-order valence-corrected chi connectivity index (χ4v) is 1.32. The van der Waals surface area contributed by atoms with Crippen LogP contribution in [0.1, 0.15) is 33.6 Å². The third-order valence-electron chi connectivity index (χ3n) is 2.36. The molecule has 0 fully saturated rings. The second kappa shape index (κ2) is 7.69. The molecule has 0 bridgehead atoms. The number of hydrogen-bond acceptors (Lipinski definition) is 3. The van der Waals surface area contributed by atoms with Crippen LogP contribution in [0.4, 0.5) is 0 Å². The lowest BCUT2D eigenvalue weighted by Gasteiger charge is -2.16. The standard InChI is InChI=1S/C11H19N3O2/c1-4-8(2)7-9(3)14-11(16)10(15)13-6-5-12/h8-9H,4,6-7H2,1-3H3,(H,13,15)(H,14,16). The fourth-order valence-electron chi connectivity index (χ4n) is 1.32. The van der Waals surface area contributed by atoms with Gasteiger partial charge in [0.2, 0.25) is 0 Å². The van der Waals surface area contributed by atoms with E-state index in [9.17, 15) is 9.59 Å². The molecule has 0 heterocycles. The van der Waals surface area contributed by atoms with Crippen LogP contribution in [0.5, 0.6) is 0 Å². The van der Waals surface area contributed by atoms with Crippen LogP contribution in [0.25, 0.3) is 0 Å². The van der Waals surface area contributed by atoms with Gasteiger partial charge in [0.1, 0.15) is 6.54 Å². The molecule has 0 aliphatic heterocycles. The van der Waals surface area contributed by atoms with Crippen molar-refractivity contribution in [3.8, 4) is 6.07 Å². The third-order valence-corrected chi connectivity index (χ3v) is 2.36. The van der Waals surface area contributed by atoms with Gasteiger partial charge in [-0.2, -0.15) is 5.26 Å². The quantitative estimate of drug-likeness (QED) is 0.530. The normalized spacial score (nSPS) is 13.4. The van der Waals surface area contributed by atoms with E-state index >= 15 is 0 Å². The van der Waals surface area contributed by atoms with Gasteiger partial charge < -0.3 is 10.6 Å². The Morgan fingerprint density at radius 2 is 1.94 bits per heavy atom. The van der Waals surface area contributed by atoms with Gasteiger partial charge in [0.25, 0.3) is 0 Å². The number of hydrogen-bond donors (Lipinski definition) is 2. The summed E-state index contributed by atoms with van der Waals surface area (Å²) in [6.45, 7) is 5.89. The van der Waals surface area contributed by atoms with Gasteiger partial charge in [0.05, 0.1) is 6.07 Å². The van der Waals surface area contributed by atoms with Gasteiger partial charge in [0.15, 0.2) is 0 Å². The summed E-state index contributed by atoms with van der Waals surface area (Å²) < 4.78 is 0. The predicted octanol–water partition coefficient (Wildman–Crippen LogP) is 0.567. The minimum atomic E-state index is -0.752. The van der Waals surface area contributed by atoms with Crippen molar-refractivity contribution in [1.82, 2.24) is 10.6 Å². The average Bonchev–Trinajstić information content (AvgIpc) is 2.25. The molecule has 0 spiro atoms.